The topological polar surface area (TPSA) is 24.9 Å². The van der Waals surface area contributed by atoms with E-state index in [0.29, 0.717) is 22.1 Å². The van der Waals surface area contributed by atoms with Crippen LogP contribution in [0.1, 0.15) is 23.7 Å². The van der Waals surface area contributed by atoms with Gasteiger partial charge in [-0.1, -0.05) is 41.9 Å². The molecule has 112 valence electrons. The van der Waals surface area contributed by atoms with Crippen LogP contribution in [0.3, 0.4) is 0 Å². The summed E-state index contributed by atoms with van der Waals surface area (Å²) in [6, 6.07) is 10.9. The Morgan fingerprint density at radius 3 is 2.38 bits per heavy atom. The standard InChI is InChI=1S/C15H14ClF3N2/c1-10-12(7-8-14(16)20-10)21-13(9-15(17,18)19)11-5-3-2-4-6-11/h2-8,13,21H,9H2,1H3. The maximum absolute atomic E-state index is 12.8. The summed E-state index contributed by atoms with van der Waals surface area (Å²) in [5, 5.41) is 3.22. The van der Waals surface area contributed by atoms with Gasteiger partial charge in [-0.3, -0.25) is 0 Å². The SMILES string of the molecule is Cc1nc(Cl)ccc1NC(CC(F)(F)F)c1ccccc1. The maximum atomic E-state index is 12.8. The zero-order chi connectivity index (χ0) is 15.5. The summed E-state index contributed by atoms with van der Waals surface area (Å²) in [5.41, 5.74) is 1.67. The number of hydrogen-bond acceptors (Lipinski definition) is 2. The van der Waals surface area contributed by atoms with Crippen LogP contribution >= 0.6 is 11.6 Å². The molecule has 6 heteroatoms. The first kappa shape index (κ1) is 15.6. The molecule has 1 atom stereocenters. The van der Waals surface area contributed by atoms with Crippen molar-refractivity contribution in [1.29, 1.82) is 0 Å². The largest absolute Gasteiger partial charge is 0.391 e. The number of nitrogens with zero attached hydrogens (tertiary/aromatic N) is 1. The van der Waals surface area contributed by atoms with Gasteiger partial charge in [-0.05, 0) is 24.6 Å². The molecule has 1 aromatic heterocycles. The van der Waals surface area contributed by atoms with Crippen molar-refractivity contribution in [3.8, 4) is 0 Å². The van der Waals surface area contributed by atoms with Crippen molar-refractivity contribution >= 4 is 17.3 Å². The molecular weight excluding hydrogens is 301 g/mol. The number of nitrogens with one attached hydrogen (secondary N) is 1. The molecule has 0 saturated heterocycles. The summed E-state index contributed by atoms with van der Waals surface area (Å²) in [6.45, 7) is 1.70. The number of aromatic nitrogens is 1. The number of aryl methyl sites for hydroxylation is 1. The van der Waals surface area contributed by atoms with E-state index < -0.39 is 18.6 Å². The Labute approximate surface area is 126 Å². The van der Waals surface area contributed by atoms with Gasteiger partial charge in [0.15, 0.2) is 0 Å². The highest BCUT2D eigenvalue weighted by atomic mass is 35.5. The third kappa shape index (κ3) is 4.63. The normalized spacial score (nSPS) is 13.0. The molecule has 0 spiro atoms. The number of pyridine rings is 1. The number of alkyl halides is 3. The van der Waals surface area contributed by atoms with Gasteiger partial charge in [0.2, 0.25) is 0 Å². The van der Waals surface area contributed by atoms with Crippen molar-refractivity contribution in [2.45, 2.75) is 25.6 Å². The molecule has 2 nitrogen and oxygen atoms in total. The minimum Gasteiger partial charge on any atom is -0.376 e. The summed E-state index contributed by atoms with van der Waals surface area (Å²) in [6.07, 6.45) is -5.22. The quantitative estimate of drug-likeness (QED) is 0.789. The van der Waals surface area contributed by atoms with E-state index >= 15 is 0 Å². The Kier molecular flexibility index (Phi) is 4.73. The second-order valence-electron chi connectivity index (χ2n) is 4.69. The zero-order valence-corrected chi connectivity index (χ0v) is 12.0. The van der Waals surface area contributed by atoms with Gasteiger partial charge in [-0.25, -0.2) is 4.98 Å². The average Bonchev–Trinajstić information content (AvgIpc) is 2.40. The molecule has 0 bridgehead atoms. The number of rotatable bonds is 4. The van der Waals surface area contributed by atoms with Crippen LogP contribution in [0.4, 0.5) is 18.9 Å². The van der Waals surface area contributed by atoms with Gasteiger partial charge in [0.1, 0.15) is 5.15 Å². The Morgan fingerprint density at radius 2 is 1.81 bits per heavy atom. The van der Waals surface area contributed by atoms with Crippen LogP contribution in [0.15, 0.2) is 42.5 Å². The molecule has 0 aliphatic heterocycles. The molecule has 2 aromatic rings. The highest BCUT2D eigenvalue weighted by molar-refractivity contribution is 6.29. The number of hydrogen-bond donors (Lipinski definition) is 1. The van der Waals surface area contributed by atoms with E-state index in [0.717, 1.165) is 0 Å². The molecule has 2 rings (SSSR count). The zero-order valence-electron chi connectivity index (χ0n) is 11.3. The van der Waals surface area contributed by atoms with Crippen molar-refractivity contribution in [1.82, 2.24) is 4.98 Å². The molecule has 0 amide bonds. The molecule has 1 heterocycles. The van der Waals surface area contributed by atoms with Crippen molar-refractivity contribution in [2.75, 3.05) is 5.32 Å². The minimum absolute atomic E-state index is 0.310. The predicted molar refractivity (Wildman–Crippen MR) is 77.5 cm³/mol. The predicted octanol–water partition coefficient (Wildman–Crippen LogP) is 5.15. The lowest BCUT2D eigenvalue weighted by molar-refractivity contribution is -0.137. The van der Waals surface area contributed by atoms with Gasteiger partial charge in [0, 0.05) is 0 Å². The third-order valence-corrected chi connectivity index (χ3v) is 3.23. The molecule has 0 radical (unpaired) electrons. The van der Waals surface area contributed by atoms with Crippen LogP contribution in [-0.4, -0.2) is 11.2 Å². The van der Waals surface area contributed by atoms with Gasteiger partial charge in [-0.15, -0.1) is 0 Å². The molecule has 21 heavy (non-hydrogen) atoms. The van der Waals surface area contributed by atoms with Gasteiger partial charge >= 0.3 is 6.18 Å². The Morgan fingerprint density at radius 1 is 1.14 bits per heavy atom. The highest BCUT2D eigenvalue weighted by Gasteiger charge is 2.32. The first-order valence-corrected chi connectivity index (χ1v) is 6.74. The number of anilines is 1. The molecule has 0 aliphatic rings. The van der Waals surface area contributed by atoms with Crippen LogP contribution in [0.25, 0.3) is 0 Å². The summed E-state index contributed by atoms with van der Waals surface area (Å²) in [7, 11) is 0. The number of benzene rings is 1. The van der Waals surface area contributed by atoms with E-state index in [1.54, 1.807) is 49.4 Å². The lowest BCUT2D eigenvalue weighted by Gasteiger charge is -2.22. The van der Waals surface area contributed by atoms with Crippen molar-refractivity contribution in [2.24, 2.45) is 0 Å². The second kappa shape index (κ2) is 6.35. The number of halogens is 4. The summed E-state index contributed by atoms with van der Waals surface area (Å²) in [5.74, 6) is 0. The van der Waals surface area contributed by atoms with E-state index in [2.05, 4.69) is 10.3 Å². The Balaban J connectivity index is 2.28. The van der Waals surface area contributed by atoms with Crippen molar-refractivity contribution in [3.63, 3.8) is 0 Å². The summed E-state index contributed by atoms with van der Waals surface area (Å²) < 4.78 is 38.3. The van der Waals surface area contributed by atoms with Crippen LogP contribution in [0.5, 0.6) is 0 Å². The molecule has 0 fully saturated rings. The average molecular weight is 315 g/mol. The summed E-state index contributed by atoms with van der Waals surface area (Å²) >= 11 is 5.76. The lowest BCUT2D eigenvalue weighted by Crippen LogP contribution is -2.20. The fourth-order valence-electron chi connectivity index (χ4n) is 2.04. The van der Waals surface area contributed by atoms with Crippen LogP contribution in [-0.2, 0) is 0 Å². The molecule has 1 N–H and O–H groups in total. The van der Waals surface area contributed by atoms with E-state index in [4.69, 9.17) is 11.6 Å². The molecule has 1 unspecified atom stereocenters. The monoisotopic (exact) mass is 314 g/mol. The fraction of sp³-hybridized carbons (Fsp3) is 0.267. The van der Waals surface area contributed by atoms with Gasteiger partial charge in [0.25, 0.3) is 0 Å². The molecular formula is C15H14ClF3N2. The smallest absolute Gasteiger partial charge is 0.376 e. The van der Waals surface area contributed by atoms with E-state index in [1.165, 1.54) is 0 Å². The van der Waals surface area contributed by atoms with Gasteiger partial charge < -0.3 is 5.32 Å². The third-order valence-electron chi connectivity index (χ3n) is 3.02. The van der Waals surface area contributed by atoms with E-state index in [1.807, 2.05) is 0 Å². The van der Waals surface area contributed by atoms with Gasteiger partial charge in [0.05, 0.1) is 23.8 Å². The minimum atomic E-state index is -4.26. The second-order valence-corrected chi connectivity index (χ2v) is 5.08. The molecule has 0 aliphatic carbocycles. The fourth-order valence-corrected chi connectivity index (χ4v) is 2.23. The van der Waals surface area contributed by atoms with E-state index in [9.17, 15) is 13.2 Å². The van der Waals surface area contributed by atoms with Crippen LogP contribution in [0.2, 0.25) is 5.15 Å². The molecule has 0 saturated carbocycles. The Bertz CT molecular complexity index is 600. The highest BCUT2D eigenvalue weighted by Crippen LogP contribution is 2.32. The van der Waals surface area contributed by atoms with Crippen molar-refractivity contribution in [3.05, 3.63) is 58.9 Å². The first-order valence-electron chi connectivity index (χ1n) is 6.36. The molecule has 1 aromatic carbocycles. The van der Waals surface area contributed by atoms with E-state index in [-0.39, 0.29) is 0 Å². The van der Waals surface area contributed by atoms with Crippen molar-refractivity contribution < 1.29 is 13.2 Å². The van der Waals surface area contributed by atoms with Crippen LogP contribution in [0, 0.1) is 6.92 Å². The maximum Gasteiger partial charge on any atom is 0.391 e. The Hall–Kier alpha value is -1.75. The van der Waals surface area contributed by atoms with Crippen LogP contribution < -0.4 is 5.32 Å². The lowest BCUT2D eigenvalue weighted by atomic mass is 10.0. The first-order chi connectivity index (χ1) is 9.85. The summed E-state index contributed by atoms with van der Waals surface area (Å²) in [4.78, 5) is 4.04. The van der Waals surface area contributed by atoms with Gasteiger partial charge in [-0.2, -0.15) is 13.2 Å².